The van der Waals surface area contributed by atoms with Crippen LogP contribution >= 0.6 is 31.9 Å². The van der Waals surface area contributed by atoms with E-state index in [-0.39, 0.29) is 0 Å². The van der Waals surface area contributed by atoms with Crippen molar-refractivity contribution in [3.05, 3.63) is 70.2 Å². The standard InChI is InChI=1S/C18H14Br2O/c1-12-2-7-18(15(8-12)11-19)21-17-6-4-13-9-16(20)5-3-14(13)10-17/h2-10H,11H2,1H3. The van der Waals surface area contributed by atoms with E-state index in [2.05, 4.69) is 75.2 Å². The van der Waals surface area contributed by atoms with Crippen LogP contribution in [0.15, 0.2) is 59.1 Å². The molecule has 0 saturated heterocycles. The summed E-state index contributed by atoms with van der Waals surface area (Å²) in [5.41, 5.74) is 2.39. The van der Waals surface area contributed by atoms with Gasteiger partial charge in [0.05, 0.1) is 0 Å². The second-order valence-electron chi connectivity index (χ2n) is 5.00. The van der Waals surface area contributed by atoms with Crippen LogP contribution < -0.4 is 4.74 Å². The molecule has 1 nitrogen and oxygen atoms in total. The average Bonchev–Trinajstić information content (AvgIpc) is 2.49. The Morgan fingerprint density at radius 2 is 1.67 bits per heavy atom. The van der Waals surface area contributed by atoms with Gasteiger partial charge in [0.15, 0.2) is 0 Å². The van der Waals surface area contributed by atoms with Crippen molar-refractivity contribution in [2.75, 3.05) is 0 Å². The molecule has 0 saturated carbocycles. The monoisotopic (exact) mass is 404 g/mol. The molecule has 0 fully saturated rings. The molecule has 0 heterocycles. The van der Waals surface area contributed by atoms with Gasteiger partial charge in [-0.15, -0.1) is 0 Å². The van der Waals surface area contributed by atoms with Gasteiger partial charge in [-0.3, -0.25) is 0 Å². The normalized spacial score (nSPS) is 10.8. The highest BCUT2D eigenvalue weighted by atomic mass is 79.9. The lowest BCUT2D eigenvalue weighted by Crippen LogP contribution is -1.90. The lowest BCUT2D eigenvalue weighted by atomic mass is 10.1. The second kappa shape index (κ2) is 6.20. The smallest absolute Gasteiger partial charge is 0.131 e. The molecule has 0 bridgehead atoms. The summed E-state index contributed by atoms with van der Waals surface area (Å²) >= 11 is 7.01. The molecular formula is C18H14Br2O. The van der Waals surface area contributed by atoms with Gasteiger partial charge in [-0.25, -0.2) is 0 Å². The summed E-state index contributed by atoms with van der Waals surface area (Å²) < 4.78 is 7.14. The van der Waals surface area contributed by atoms with Gasteiger partial charge in [-0.2, -0.15) is 0 Å². The Morgan fingerprint density at radius 1 is 0.905 bits per heavy atom. The maximum Gasteiger partial charge on any atom is 0.131 e. The molecule has 106 valence electrons. The topological polar surface area (TPSA) is 9.23 Å². The van der Waals surface area contributed by atoms with Crippen LogP contribution in [-0.2, 0) is 5.33 Å². The number of alkyl halides is 1. The third-order valence-corrected chi connectivity index (χ3v) is 4.46. The minimum Gasteiger partial charge on any atom is -0.457 e. The molecule has 3 heteroatoms. The second-order valence-corrected chi connectivity index (χ2v) is 6.48. The number of rotatable bonds is 3. The van der Waals surface area contributed by atoms with Gasteiger partial charge in [0, 0.05) is 15.4 Å². The van der Waals surface area contributed by atoms with E-state index in [0.29, 0.717) is 0 Å². The number of benzene rings is 3. The first-order valence-corrected chi connectivity index (χ1v) is 8.60. The molecule has 0 aliphatic rings. The number of hydrogen-bond acceptors (Lipinski definition) is 1. The van der Waals surface area contributed by atoms with Crippen molar-refractivity contribution in [1.29, 1.82) is 0 Å². The van der Waals surface area contributed by atoms with Crippen molar-refractivity contribution >= 4 is 42.6 Å². The molecule has 0 amide bonds. The fourth-order valence-electron chi connectivity index (χ4n) is 2.30. The zero-order chi connectivity index (χ0) is 14.8. The average molecular weight is 406 g/mol. The number of aryl methyl sites for hydroxylation is 1. The summed E-state index contributed by atoms with van der Waals surface area (Å²) in [6.45, 7) is 2.09. The van der Waals surface area contributed by atoms with Crippen LogP contribution in [0, 0.1) is 6.92 Å². The van der Waals surface area contributed by atoms with E-state index in [4.69, 9.17) is 4.74 Å². The molecule has 21 heavy (non-hydrogen) atoms. The zero-order valence-corrected chi connectivity index (χ0v) is 14.7. The van der Waals surface area contributed by atoms with E-state index in [9.17, 15) is 0 Å². The fraction of sp³-hybridized carbons (Fsp3) is 0.111. The van der Waals surface area contributed by atoms with E-state index in [1.165, 1.54) is 16.3 Å². The quantitative estimate of drug-likeness (QED) is 0.446. The fourth-order valence-corrected chi connectivity index (χ4v) is 3.11. The molecule has 3 aromatic rings. The summed E-state index contributed by atoms with van der Waals surface area (Å²) in [5.74, 6) is 1.75. The van der Waals surface area contributed by atoms with Crippen LogP contribution in [0.3, 0.4) is 0 Å². The minimum absolute atomic E-state index is 0.782. The Balaban J connectivity index is 1.96. The molecule has 3 rings (SSSR count). The highest BCUT2D eigenvalue weighted by Gasteiger charge is 2.05. The highest BCUT2D eigenvalue weighted by Crippen LogP contribution is 2.30. The van der Waals surface area contributed by atoms with Crippen LogP contribution in [0.25, 0.3) is 10.8 Å². The molecule has 3 aromatic carbocycles. The maximum absolute atomic E-state index is 6.05. The number of hydrogen-bond donors (Lipinski definition) is 0. The van der Waals surface area contributed by atoms with E-state index >= 15 is 0 Å². The Kier molecular flexibility index (Phi) is 4.32. The Bertz CT molecular complexity index is 796. The summed E-state index contributed by atoms with van der Waals surface area (Å²) in [6.07, 6.45) is 0. The summed E-state index contributed by atoms with van der Waals surface area (Å²) in [4.78, 5) is 0. The van der Waals surface area contributed by atoms with Crippen molar-refractivity contribution in [3.8, 4) is 11.5 Å². The summed E-state index contributed by atoms with van der Waals surface area (Å²) in [6, 6.07) is 18.6. The molecular weight excluding hydrogens is 392 g/mol. The lowest BCUT2D eigenvalue weighted by Gasteiger charge is -2.11. The van der Waals surface area contributed by atoms with E-state index in [1.54, 1.807) is 0 Å². The Morgan fingerprint density at radius 3 is 2.48 bits per heavy atom. The van der Waals surface area contributed by atoms with Crippen LogP contribution in [-0.4, -0.2) is 0 Å². The SMILES string of the molecule is Cc1ccc(Oc2ccc3cc(Br)ccc3c2)c(CBr)c1. The van der Waals surface area contributed by atoms with Gasteiger partial charge in [0.2, 0.25) is 0 Å². The van der Waals surface area contributed by atoms with E-state index in [0.717, 1.165) is 26.9 Å². The summed E-state index contributed by atoms with van der Waals surface area (Å²) in [5, 5.41) is 3.15. The van der Waals surface area contributed by atoms with Crippen molar-refractivity contribution in [2.45, 2.75) is 12.3 Å². The number of halogens is 2. The molecule has 0 spiro atoms. The number of fused-ring (bicyclic) bond motifs is 1. The Labute approximate surface area is 141 Å². The predicted octanol–water partition coefficient (Wildman–Crippen LogP) is 6.60. The third kappa shape index (κ3) is 3.30. The van der Waals surface area contributed by atoms with Crippen molar-refractivity contribution in [3.63, 3.8) is 0 Å². The Hall–Kier alpha value is -1.32. The molecule has 0 N–H and O–H groups in total. The van der Waals surface area contributed by atoms with Gasteiger partial charge < -0.3 is 4.74 Å². The van der Waals surface area contributed by atoms with Crippen LogP contribution in [0.4, 0.5) is 0 Å². The predicted molar refractivity (Wildman–Crippen MR) is 95.5 cm³/mol. The third-order valence-electron chi connectivity index (χ3n) is 3.36. The zero-order valence-electron chi connectivity index (χ0n) is 11.6. The molecule has 0 radical (unpaired) electrons. The van der Waals surface area contributed by atoms with Gasteiger partial charge in [-0.05, 0) is 48.0 Å². The highest BCUT2D eigenvalue weighted by molar-refractivity contribution is 9.10. The van der Waals surface area contributed by atoms with Crippen LogP contribution in [0.2, 0.25) is 0 Å². The lowest BCUT2D eigenvalue weighted by molar-refractivity contribution is 0.479. The van der Waals surface area contributed by atoms with Crippen LogP contribution in [0.1, 0.15) is 11.1 Å². The van der Waals surface area contributed by atoms with Gasteiger partial charge in [0.1, 0.15) is 11.5 Å². The maximum atomic E-state index is 6.05. The van der Waals surface area contributed by atoms with Crippen LogP contribution in [0.5, 0.6) is 11.5 Å². The van der Waals surface area contributed by atoms with Crippen molar-refractivity contribution in [2.24, 2.45) is 0 Å². The summed E-state index contributed by atoms with van der Waals surface area (Å²) in [7, 11) is 0. The van der Waals surface area contributed by atoms with Crippen molar-refractivity contribution < 1.29 is 4.74 Å². The first-order valence-electron chi connectivity index (χ1n) is 6.68. The van der Waals surface area contributed by atoms with Gasteiger partial charge >= 0.3 is 0 Å². The van der Waals surface area contributed by atoms with Crippen molar-refractivity contribution in [1.82, 2.24) is 0 Å². The first-order chi connectivity index (χ1) is 10.2. The van der Waals surface area contributed by atoms with Gasteiger partial charge in [-0.1, -0.05) is 61.7 Å². The van der Waals surface area contributed by atoms with E-state index in [1.807, 2.05) is 18.2 Å². The van der Waals surface area contributed by atoms with E-state index < -0.39 is 0 Å². The largest absolute Gasteiger partial charge is 0.457 e. The first kappa shape index (κ1) is 14.6. The molecule has 0 aliphatic heterocycles. The number of ether oxygens (including phenoxy) is 1. The molecule has 0 atom stereocenters. The molecule has 0 unspecified atom stereocenters. The minimum atomic E-state index is 0.782. The van der Waals surface area contributed by atoms with Gasteiger partial charge in [0.25, 0.3) is 0 Å². The molecule has 0 aromatic heterocycles. The molecule has 0 aliphatic carbocycles.